The van der Waals surface area contributed by atoms with E-state index in [1.807, 2.05) is 16.7 Å². The van der Waals surface area contributed by atoms with Crippen LogP contribution >= 0.6 is 11.3 Å². The van der Waals surface area contributed by atoms with Gasteiger partial charge in [-0.05, 0) is 119 Å². The molecule has 5 N–H and O–H groups in total. The molecule has 454 valence electrons. The van der Waals surface area contributed by atoms with Gasteiger partial charge in [0.15, 0.2) is 5.82 Å². The maximum Gasteiger partial charge on any atom is 0.417 e. The summed E-state index contributed by atoms with van der Waals surface area (Å²) in [4.78, 5) is 48.5. The third kappa shape index (κ3) is 17.7. The van der Waals surface area contributed by atoms with Crippen molar-refractivity contribution in [3.8, 4) is 23.2 Å². The molecule has 0 saturated carbocycles. The summed E-state index contributed by atoms with van der Waals surface area (Å²) in [7, 11) is 1.27. The molecule has 0 radical (unpaired) electrons. The molecule has 3 aromatic carbocycles. The number of nitrogens with zero attached hydrogens (tertiary/aromatic N) is 6. The minimum atomic E-state index is -5.00. The highest BCUT2D eigenvalue weighted by Gasteiger charge is 2.38. The van der Waals surface area contributed by atoms with Gasteiger partial charge in [0.2, 0.25) is 18.2 Å². The first-order valence-corrected chi connectivity index (χ1v) is 29.0. The molecular weight excluding hydrogens is 1120 g/mol. The number of nitrogens with one attached hydrogen (secondary N) is 3. The van der Waals surface area contributed by atoms with Crippen molar-refractivity contribution in [1.29, 1.82) is 5.26 Å². The number of hydrogen-bond acceptors (Lipinski definition) is 13. The fraction of sp³-hybridized carbons (Fsp3) is 0.475. The van der Waals surface area contributed by atoms with E-state index in [-0.39, 0.29) is 79.6 Å². The summed E-state index contributed by atoms with van der Waals surface area (Å²) in [5.41, 5.74) is 4.21. The van der Waals surface area contributed by atoms with Crippen molar-refractivity contribution < 1.29 is 54.6 Å². The Morgan fingerprint density at radius 3 is 2.20 bits per heavy atom. The number of anilines is 2. The molecule has 2 unspecified atom stereocenters. The van der Waals surface area contributed by atoms with Crippen LogP contribution < -0.4 is 41.1 Å². The molecule has 0 spiro atoms. The van der Waals surface area contributed by atoms with Crippen LogP contribution in [0.1, 0.15) is 114 Å². The van der Waals surface area contributed by atoms with E-state index in [1.54, 1.807) is 30.3 Å². The minimum absolute atomic E-state index is 0.0230. The fourth-order valence-electron chi connectivity index (χ4n) is 10.3. The molecule has 15 nitrogen and oxygen atoms in total. The third-order valence-corrected chi connectivity index (χ3v) is 15.5. The van der Waals surface area contributed by atoms with Crippen LogP contribution in [0.5, 0.6) is 6.01 Å². The second-order valence-corrected chi connectivity index (χ2v) is 22.6. The molecule has 0 aliphatic carbocycles. The van der Waals surface area contributed by atoms with E-state index >= 15 is 4.39 Å². The lowest BCUT2D eigenvalue weighted by Gasteiger charge is -2.34. The summed E-state index contributed by atoms with van der Waals surface area (Å²) in [6.07, 6.45) is 5.15. The third-order valence-electron chi connectivity index (χ3n) is 14.4. The number of rotatable bonds is 17. The molecule has 2 aromatic heterocycles. The predicted molar refractivity (Wildman–Crippen MR) is 313 cm³/mol. The van der Waals surface area contributed by atoms with Crippen LogP contribution in [0, 0.1) is 34.7 Å². The number of fused-ring (bicyclic) bond motifs is 3. The Labute approximate surface area is 489 Å². The summed E-state index contributed by atoms with van der Waals surface area (Å²) in [6.45, 7) is 20.2. The number of ether oxygens (including phenoxy) is 2. The molecule has 4 atom stereocenters. The fourth-order valence-corrected chi connectivity index (χ4v) is 11.2. The number of carbonyl (C=O) groups is 3. The lowest BCUT2D eigenvalue weighted by molar-refractivity contribution is -0.137. The first-order valence-electron chi connectivity index (χ1n) is 28.2. The summed E-state index contributed by atoms with van der Waals surface area (Å²) in [5, 5.41) is 17.7. The number of benzene rings is 3. The van der Waals surface area contributed by atoms with Gasteiger partial charge in [0.1, 0.15) is 39.9 Å². The van der Waals surface area contributed by atoms with Crippen molar-refractivity contribution in [3.63, 3.8) is 0 Å². The summed E-state index contributed by atoms with van der Waals surface area (Å²) in [5.74, 6) is -2.53. The second-order valence-electron chi connectivity index (χ2n) is 21.6. The van der Waals surface area contributed by atoms with Gasteiger partial charge in [0.25, 0.3) is 0 Å². The van der Waals surface area contributed by atoms with Crippen LogP contribution in [-0.4, -0.2) is 122 Å². The number of alkyl halides is 3. The first-order chi connectivity index (χ1) is 40.1. The van der Waals surface area contributed by atoms with Crippen LogP contribution in [0.15, 0.2) is 61.2 Å². The summed E-state index contributed by atoms with van der Waals surface area (Å²) in [6, 6.07) is 13.3. The zero-order chi connectivity index (χ0) is 61.3. The Hall–Kier alpha value is -7.13. The number of aromatic nitrogens is 2. The van der Waals surface area contributed by atoms with Crippen molar-refractivity contribution in [2.75, 3.05) is 76.8 Å². The highest BCUT2D eigenvalue weighted by molar-refractivity contribution is 7.14. The molecule has 3 amide bonds. The maximum absolute atomic E-state index is 16.1. The van der Waals surface area contributed by atoms with Gasteiger partial charge in [0.05, 0.1) is 47.5 Å². The number of nitrogen functional groups attached to an aromatic ring is 1. The second kappa shape index (κ2) is 31.1. The molecule has 5 aromatic rings. The average Bonchev–Trinajstić information content (AvgIpc) is 4.35. The number of nitriles is 1. The highest BCUT2D eigenvalue weighted by Crippen LogP contribution is 2.40. The van der Waals surface area contributed by atoms with E-state index in [1.165, 1.54) is 51.2 Å². The van der Waals surface area contributed by atoms with Gasteiger partial charge in [-0.25, -0.2) is 17.6 Å². The Kier molecular flexibility index (Phi) is 24.5. The lowest BCUT2D eigenvalue weighted by Crippen LogP contribution is -2.51. The van der Waals surface area contributed by atoms with E-state index in [9.17, 15) is 46.0 Å². The lowest BCUT2D eigenvalue weighted by atomic mass is 10.00. The van der Waals surface area contributed by atoms with E-state index in [0.717, 1.165) is 74.9 Å². The summed E-state index contributed by atoms with van der Waals surface area (Å²) >= 11 is 0.653. The average molecular weight is 1190 g/mol. The zero-order valence-electron chi connectivity index (χ0n) is 48.3. The molecule has 6 heterocycles. The number of likely N-dealkylation sites (tertiary alicyclic amines) is 2. The molecule has 9 rings (SSSR count). The Balaban J connectivity index is 0.000000210. The Morgan fingerprint density at radius 2 is 1.63 bits per heavy atom. The van der Waals surface area contributed by atoms with Gasteiger partial charge in [-0.1, -0.05) is 57.7 Å². The largest absolute Gasteiger partial charge is 0.467 e. The number of thiophene rings is 1. The van der Waals surface area contributed by atoms with Crippen molar-refractivity contribution in [1.82, 2.24) is 35.7 Å². The van der Waals surface area contributed by atoms with E-state index in [0.29, 0.717) is 62.1 Å². The molecule has 4 fully saturated rings. The predicted octanol–water partition coefficient (Wildman–Crippen LogP) is 9.45. The maximum atomic E-state index is 16.1. The zero-order valence-corrected chi connectivity index (χ0v) is 49.1. The van der Waals surface area contributed by atoms with Gasteiger partial charge in [-0.2, -0.15) is 28.4 Å². The van der Waals surface area contributed by atoms with Crippen molar-refractivity contribution in [2.45, 2.75) is 116 Å². The number of nitrogens with two attached hydrogens (primary N) is 1. The number of amides is 3. The normalized spacial score (nSPS) is 18.4. The van der Waals surface area contributed by atoms with Crippen molar-refractivity contribution >= 4 is 63.2 Å². The molecule has 4 aliphatic heterocycles. The number of allylic oxidation sites excluding steroid dienone is 1. The van der Waals surface area contributed by atoms with Crippen LogP contribution in [0.25, 0.3) is 33.9 Å². The van der Waals surface area contributed by atoms with Gasteiger partial charge in [-0.15, -0.1) is 11.3 Å². The van der Waals surface area contributed by atoms with Crippen LogP contribution in [0.3, 0.4) is 0 Å². The topological polar surface area (TPSA) is 191 Å². The quantitative estimate of drug-likeness (QED) is 0.0393. The van der Waals surface area contributed by atoms with Crippen molar-refractivity contribution in [2.24, 2.45) is 5.92 Å². The van der Waals surface area contributed by atoms with E-state index in [4.69, 9.17) is 15.2 Å². The molecule has 2 bridgehead atoms. The number of halogens is 7. The molecule has 4 aliphatic rings. The van der Waals surface area contributed by atoms with Crippen LogP contribution in [0.2, 0.25) is 0 Å². The van der Waals surface area contributed by atoms with Gasteiger partial charge < -0.3 is 45.9 Å². The molecule has 23 heteroatoms. The van der Waals surface area contributed by atoms with Gasteiger partial charge in [0, 0.05) is 73.5 Å². The standard InChI is InChI=1S/C25H21F5N6OS.C17H31N3O3.C15H13F2NO.C4H10/c1-3-18(26)21-13(16(8-31)22(32)38-21)6-14-17(25(28,29)30)7-15-20(19(14)27)34-24(37-2)35-23(15)36-9-11-4-5-12(10-36)33-11;1-15-6-4-11-20(15)17(22)14-18-16(21)7-13-23-12-5-10-19-8-2-3-9-19;1-10(18-9-19)11-5-7-12(8-6-11)15-13(16)3-2-4-14(15)17;1-4(2)3/h3,6-7,11-12,33H,1,4-5,9-10,32H2,2H3;15H,2-14H2,1H3,(H,18,21);2-10H,1H3,(H,18,19);4H,1-3H3/b13-6+,21-18-;;;/t;15-;10-;/m.10./s1. The first kappa shape index (κ1) is 66.0. The number of carbonyl (C=O) groups excluding carboxylic acids is 3. The van der Waals surface area contributed by atoms with Crippen LogP contribution in [-0.2, 0) is 25.3 Å². The Bertz CT molecular complexity index is 3210. The Morgan fingerprint density at radius 1 is 0.976 bits per heavy atom. The molecule has 84 heavy (non-hydrogen) atoms. The summed E-state index contributed by atoms with van der Waals surface area (Å²) < 4.78 is 111. The smallest absolute Gasteiger partial charge is 0.417 e. The van der Waals surface area contributed by atoms with Gasteiger partial charge in [-0.3, -0.25) is 14.4 Å². The van der Waals surface area contributed by atoms with Gasteiger partial charge >= 0.3 is 12.2 Å². The SMILES string of the molecule is C=C/C(F)=c1/sc(N)c(C#N)/c1=C\c1c(C(F)(F)F)cc2c(N3CC4CCC(C3)N4)nc(OC)nc2c1F.CC(C)C.C[C@@H]1CCCN1C(=O)CNC(=O)CCOCCCN1CCCC1.C[C@H](NC=O)c1ccc(-c2c(F)cccc2F)cc1. The minimum Gasteiger partial charge on any atom is -0.467 e. The van der Waals surface area contributed by atoms with Crippen molar-refractivity contribution in [3.05, 3.63) is 111 Å². The van der Waals surface area contributed by atoms with E-state index < -0.39 is 46.1 Å². The number of hydrogen-bond donors (Lipinski definition) is 4. The number of piperazine rings is 1. The van der Waals surface area contributed by atoms with Crippen LogP contribution in [0.4, 0.5) is 41.6 Å². The van der Waals surface area contributed by atoms with E-state index in [2.05, 4.69) is 65.1 Å². The highest BCUT2D eigenvalue weighted by atomic mass is 32.1. The monoisotopic (exact) mass is 1190 g/mol. The molecule has 4 saturated heterocycles. The molecular formula is C61H75F7N10O5S. The number of methoxy groups -OCH3 is 1.